The number of amides is 1. The molecule has 12 heteroatoms. The van der Waals surface area contributed by atoms with E-state index in [1.54, 1.807) is 72.7 Å². The lowest BCUT2D eigenvalue weighted by atomic mass is 10.0. The largest absolute Gasteiger partial charge is 0.454 e. The minimum Gasteiger partial charge on any atom is -0.445 e. The average Bonchev–Trinajstić information content (AvgIpc) is 2.87. The normalized spacial score (nSPS) is 15.3. The summed E-state index contributed by atoms with van der Waals surface area (Å²) < 4.78 is 34.6. The molecule has 2 rings (SSSR count). The van der Waals surface area contributed by atoms with Gasteiger partial charge >= 0.3 is 19.3 Å². The number of carbonyl (C=O) groups is 1. The molecule has 0 aliphatic heterocycles. The van der Waals surface area contributed by atoms with E-state index in [1.165, 1.54) is 7.11 Å². The second-order valence-electron chi connectivity index (χ2n) is 11.4. The third kappa shape index (κ3) is 12.2. The molecule has 0 aliphatic carbocycles. The lowest BCUT2D eigenvalue weighted by Gasteiger charge is -2.38. The van der Waals surface area contributed by atoms with Gasteiger partial charge < -0.3 is 29.4 Å². The second kappa shape index (κ2) is 15.2. The summed E-state index contributed by atoms with van der Waals surface area (Å²) in [5.74, 6) is -1.86. The Morgan fingerprint density at radius 3 is 1.95 bits per heavy atom. The Morgan fingerprint density at radius 2 is 1.46 bits per heavy atom. The van der Waals surface area contributed by atoms with Crippen LogP contribution >= 0.6 is 20.2 Å². The van der Waals surface area contributed by atoms with E-state index in [9.17, 15) is 14.8 Å². The third-order valence-electron chi connectivity index (χ3n) is 5.35. The molecule has 0 fully saturated rings. The van der Waals surface area contributed by atoms with E-state index in [4.69, 9.17) is 40.2 Å². The molecule has 0 heterocycles. The first-order chi connectivity index (χ1) is 19.0. The van der Waals surface area contributed by atoms with E-state index in [2.05, 4.69) is 5.32 Å². The van der Waals surface area contributed by atoms with Gasteiger partial charge in [0, 0.05) is 19.3 Å². The molecular formula is C29H43NO9PS+. The first-order valence-electron chi connectivity index (χ1n) is 13.2. The van der Waals surface area contributed by atoms with Crippen LogP contribution < -0.4 is 10.1 Å². The number of para-hydroxylation sites is 1. The van der Waals surface area contributed by atoms with Crippen LogP contribution in [0.2, 0.25) is 0 Å². The highest BCUT2D eigenvalue weighted by Gasteiger charge is 2.62. The highest BCUT2D eigenvalue weighted by Crippen LogP contribution is 2.68. The van der Waals surface area contributed by atoms with Crippen molar-refractivity contribution in [3.05, 3.63) is 66.2 Å². The van der Waals surface area contributed by atoms with E-state index in [-0.39, 0.29) is 11.8 Å². The molecule has 0 spiro atoms. The highest BCUT2D eigenvalue weighted by atomic mass is 32.1. The van der Waals surface area contributed by atoms with Gasteiger partial charge in [0.15, 0.2) is 6.29 Å². The summed E-state index contributed by atoms with van der Waals surface area (Å²) in [5, 5.41) is 13.1. The maximum Gasteiger partial charge on any atom is 0.454 e. The number of aliphatic hydroxyl groups is 1. The number of benzene rings is 2. The van der Waals surface area contributed by atoms with E-state index in [0.717, 1.165) is 5.56 Å². The van der Waals surface area contributed by atoms with Gasteiger partial charge in [0.1, 0.15) is 23.6 Å². The molecule has 2 aromatic carbocycles. The van der Waals surface area contributed by atoms with Crippen LogP contribution in [0.15, 0.2) is 60.7 Å². The van der Waals surface area contributed by atoms with Crippen LogP contribution in [0.4, 0.5) is 4.79 Å². The molecule has 41 heavy (non-hydrogen) atoms. The van der Waals surface area contributed by atoms with Gasteiger partial charge in [-0.3, -0.25) is 0 Å². The number of aliphatic hydroxyl groups excluding tert-OH is 1. The van der Waals surface area contributed by atoms with Crippen molar-refractivity contribution in [3.63, 3.8) is 0 Å². The van der Waals surface area contributed by atoms with Crippen molar-refractivity contribution in [1.82, 2.24) is 5.32 Å². The summed E-state index contributed by atoms with van der Waals surface area (Å²) in [6, 6.07) is 16.7. The summed E-state index contributed by atoms with van der Waals surface area (Å²) in [5.41, 5.74) is -0.982. The zero-order chi connectivity index (χ0) is 30.8. The fourth-order valence-corrected chi connectivity index (χ4v) is 6.87. The van der Waals surface area contributed by atoms with Crippen molar-refractivity contribution in [1.29, 1.82) is 0 Å². The predicted molar refractivity (Wildman–Crippen MR) is 161 cm³/mol. The van der Waals surface area contributed by atoms with Crippen molar-refractivity contribution >= 4 is 31.5 Å². The molecule has 3 unspecified atom stereocenters. The maximum atomic E-state index is 12.8. The van der Waals surface area contributed by atoms with Crippen LogP contribution in [0.1, 0.15) is 54.0 Å². The number of nitrogens with one attached hydrogen (secondary N) is 1. The van der Waals surface area contributed by atoms with Gasteiger partial charge in [-0.15, -0.1) is 0 Å². The molecule has 0 bridgehead atoms. The van der Waals surface area contributed by atoms with Crippen molar-refractivity contribution in [2.24, 2.45) is 5.92 Å². The minimum atomic E-state index is -4.00. The Hall–Kier alpha value is -2.37. The summed E-state index contributed by atoms with van der Waals surface area (Å²) >= 11 is 5.39. The molecule has 0 aliphatic rings. The summed E-state index contributed by atoms with van der Waals surface area (Å²) in [4.78, 5) is 24.9. The number of methoxy groups -OCH3 is 1. The van der Waals surface area contributed by atoms with Gasteiger partial charge in [0.25, 0.3) is 5.85 Å². The molecular weight excluding hydrogens is 569 g/mol. The fraction of sp³-hybridized carbons (Fsp3) is 0.517. The molecule has 0 saturated carbocycles. The van der Waals surface area contributed by atoms with Crippen LogP contribution in [0.25, 0.3) is 0 Å². The average molecular weight is 613 g/mol. The van der Waals surface area contributed by atoms with Gasteiger partial charge in [-0.2, -0.15) is 13.9 Å². The number of hydrogen-bond acceptors (Lipinski definition) is 10. The molecule has 3 N–H and O–H groups in total. The first-order valence-corrected chi connectivity index (χ1v) is 15.2. The Kier molecular flexibility index (Phi) is 12.9. The van der Waals surface area contributed by atoms with Gasteiger partial charge in [-0.1, -0.05) is 55.5 Å². The van der Waals surface area contributed by atoms with Crippen molar-refractivity contribution in [3.8, 4) is 5.75 Å². The number of ether oxygens (including phenoxy) is 4. The first kappa shape index (κ1) is 34.8. The maximum absolute atomic E-state index is 12.8. The summed E-state index contributed by atoms with van der Waals surface area (Å²) in [7, 11) is -2.72. The standard InChI is InChI=1S/C29H42NO9PS/c1-20(23(24(31)34-8)30-26(32)35-19-21-15-11-9-12-16-21)25(37-27(41)36-22-17-13-10-14-18-22)40(33,38-28(2,3)4)39-29(5,6)7/h9-18,20,23-25,31,33H,19H2,1-8H3/p+1/t20?,23-,24?,25?/m0/s1. The molecule has 2 aromatic rings. The van der Waals surface area contributed by atoms with Crippen LogP contribution in [-0.4, -0.2) is 57.8 Å². The number of thiocarbonyl (C=S) groups is 1. The number of rotatable bonds is 12. The zero-order valence-corrected chi connectivity index (χ0v) is 26.6. The van der Waals surface area contributed by atoms with Gasteiger partial charge in [-0.25, -0.2) is 4.79 Å². The quantitative estimate of drug-likeness (QED) is 0.150. The van der Waals surface area contributed by atoms with Gasteiger partial charge in [0.2, 0.25) is 0 Å². The van der Waals surface area contributed by atoms with Crippen LogP contribution in [-0.2, 0) is 29.9 Å². The lowest BCUT2D eigenvalue weighted by molar-refractivity contribution is -0.114. The van der Waals surface area contributed by atoms with E-state index in [1.807, 2.05) is 36.4 Å². The Morgan fingerprint density at radius 1 is 0.951 bits per heavy atom. The summed E-state index contributed by atoms with van der Waals surface area (Å²) in [6.07, 6.45) is -2.35. The SMILES string of the molecule is COC(O)[C@@H](NC(=O)OCc1ccccc1)C(C)C(OC(=S)Oc1ccccc1)[P+](O)(OC(C)(C)C)OC(C)(C)C. The minimum absolute atomic E-state index is 0.00297. The fourth-order valence-electron chi connectivity index (χ4n) is 3.77. The molecule has 0 radical (unpaired) electrons. The number of alkyl carbamates (subject to hydrolysis) is 1. The van der Waals surface area contributed by atoms with Crippen LogP contribution in [0.3, 0.4) is 0 Å². The van der Waals surface area contributed by atoms with Crippen molar-refractivity contribution in [2.75, 3.05) is 7.11 Å². The molecule has 0 aromatic heterocycles. The highest BCUT2D eigenvalue weighted by molar-refractivity contribution is 7.79. The number of carbonyl (C=O) groups excluding carboxylic acids is 1. The number of hydrogen-bond donors (Lipinski definition) is 3. The van der Waals surface area contributed by atoms with E-state index >= 15 is 0 Å². The topological polar surface area (TPSA) is 125 Å². The third-order valence-corrected chi connectivity index (χ3v) is 8.37. The van der Waals surface area contributed by atoms with Crippen LogP contribution in [0, 0.1) is 5.92 Å². The monoisotopic (exact) mass is 612 g/mol. The second-order valence-corrected chi connectivity index (χ2v) is 13.7. The zero-order valence-electron chi connectivity index (χ0n) is 24.9. The Bertz CT molecular complexity index is 1080. The molecule has 10 nitrogen and oxygen atoms in total. The smallest absolute Gasteiger partial charge is 0.445 e. The predicted octanol–water partition coefficient (Wildman–Crippen LogP) is 5.97. The molecule has 1 amide bonds. The Labute approximate surface area is 248 Å². The Balaban J connectivity index is 2.43. The summed E-state index contributed by atoms with van der Waals surface area (Å²) in [6.45, 7) is 12.2. The van der Waals surface area contributed by atoms with Crippen molar-refractivity contribution < 1.29 is 42.8 Å². The van der Waals surface area contributed by atoms with Gasteiger partial charge in [0.05, 0.1) is 12.0 Å². The molecule has 228 valence electrons. The molecule has 0 saturated heterocycles. The van der Waals surface area contributed by atoms with E-state index < -0.39 is 49.3 Å². The molecule has 4 atom stereocenters. The van der Waals surface area contributed by atoms with Crippen molar-refractivity contribution in [2.45, 2.75) is 84.5 Å². The van der Waals surface area contributed by atoms with Gasteiger partial charge in [-0.05, 0) is 59.2 Å². The van der Waals surface area contributed by atoms with Crippen LogP contribution in [0.5, 0.6) is 5.75 Å². The lowest BCUT2D eigenvalue weighted by Crippen LogP contribution is -2.53. The van der Waals surface area contributed by atoms with E-state index in [0.29, 0.717) is 5.75 Å².